The maximum absolute atomic E-state index is 12.1. The molecule has 0 N–H and O–H groups in total. The average Bonchev–Trinajstić information content (AvgIpc) is 2.96. The molecule has 0 bridgehead atoms. The Morgan fingerprint density at radius 1 is 1.00 bits per heavy atom. The van der Waals surface area contributed by atoms with Crippen LogP contribution in [0.1, 0.15) is 16.8 Å². The van der Waals surface area contributed by atoms with Gasteiger partial charge in [-0.15, -0.1) is 0 Å². The lowest BCUT2D eigenvalue weighted by atomic mass is 10.0. The number of pyridine rings is 1. The molecule has 3 heteroatoms. The molecule has 0 unspecified atom stereocenters. The summed E-state index contributed by atoms with van der Waals surface area (Å²) in [4.78, 5) is 16.3. The number of hydrogen-bond acceptors (Lipinski definition) is 3. The summed E-state index contributed by atoms with van der Waals surface area (Å²) < 4.78 is 5.43. The van der Waals surface area contributed by atoms with E-state index in [-0.39, 0.29) is 5.97 Å². The van der Waals surface area contributed by atoms with Crippen LogP contribution in [0.2, 0.25) is 0 Å². The van der Waals surface area contributed by atoms with Gasteiger partial charge in [-0.1, -0.05) is 42.0 Å². The molecule has 0 fully saturated rings. The number of esters is 1. The molecule has 0 spiro atoms. The number of ether oxygens (including phenoxy) is 1. The van der Waals surface area contributed by atoms with E-state index in [2.05, 4.69) is 30.1 Å². The second kappa shape index (κ2) is 5.78. The largest absolute Gasteiger partial charge is 0.422 e. The summed E-state index contributed by atoms with van der Waals surface area (Å²) in [7, 11) is 0. The van der Waals surface area contributed by atoms with Gasteiger partial charge in [-0.05, 0) is 48.0 Å². The fraction of sp³-hybridized carbons (Fsp3) is 0.0476. The minimum absolute atomic E-state index is 0.348. The fourth-order valence-electron chi connectivity index (χ4n) is 2.77. The molecule has 1 aromatic heterocycles. The topological polar surface area (TPSA) is 39.2 Å². The van der Waals surface area contributed by atoms with Crippen molar-refractivity contribution in [1.82, 2.24) is 4.98 Å². The van der Waals surface area contributed by atoms with Crippen LogP contribution < -0.4 is 0 Å². The monoisotopic (exact) mass is 313 g/mol. The van der Waals surface area contributed by atoms with E-state index in [1.54, 1.807) is 18.3 Å². The zero-order valence-electron chi connectivity index (χ0n) is 13.2. The van der Waals surface area contributed by atoms with Gasteiger partial charge in [0.25, 0.3) is 0 Å². The van der Waals surface area contributed by atoms with Gasteiger partial charge in [0.05, 0.1) is 11.3 Å². The summed E-state index contributed by atoms with van der Waals surface area (Å²) in [6.07, 6.45) is 5.20. The molecular formula is C21H15NO2. The number of nitrogens with zero attached hydrogens (tertiary/aromatic N) is 1. The second-order valence-electron chi connectivity index (χ2n) is 5.82. The lowest BCUT2D eigenvalue weighted by Gasteiger charge is -2.05. The first-order valence-electron chi connectivity index (χ1n) is 7.76. The van der Waals surface area contributed by atoms with Crippen LogP contribution in [0, 0.1) is 6.92 Å². The number of rotatable bonds is 2. The van der Waals surface area contributed by atoms with Crippen molar-refractivity contribution in [3.05, 3.63) is 89.3 Å². The number of benzene rings is 2. The van der Waals surface area contributed by atoms with Crippen molar-refractivity contribution >= 4 is 28.6 Å². The Balaban J connectivity index is 1.72. The molecular weight excluding hydrogens is 298 g/mol. The SMILES string of the molecule is Cc1ccc2cc(C3=CC(=Cc4ccccn4)C(=O)O3)ccc2c1. The molecule has 0 atom stereocenters. The zero-order chi connectivity index (χ0) is 16.5. The van der Waals surface area contributed by atoms with Crippen LogP contribution >= 0.6 is 0 Å². The van der Waals surface area contributed by atoms with E-state index in [1.165, 1.54) is 10.9 Å². The molecule has 0 saturated heterocycles. The highest BCUT2D eigenvalue weighted by molar-refractivity contribution is 6.05. The van der Waals surface area contributed by atoms with Gasteiger partial charge in [-0.2, -0.15) is 0 Å². The Morgan fingerprint density at radius 2 is 1.83 bits per heavy atom. The third-order valence-electron chi connectivity index (χ3n) is 4.00. The number of aromatic nitrogens is 1. The van der Waals surface area contributed by atoms with E-state index >= 15 is 0 Å². The molecule has 0 saturated carbocycles. The third-order valence-corrected chi connectivity index (χ3v) is 4.00. The van der Waals surface area contributed by atoms with E-state index in [0.717, 1.165) is 16.6 Å². The molecule has 2 aromatic carbocycles. The summed E-state index contributed by atoms with van der Waals surface area (Å²) >= 11 is 0. The Morgan fingerprint density at radius 3 is 2.67 bits per heavy atom. The van der Waals surface area contributed by atoms with E-state index in [4.69, 9.17) is 4.74 Å². The van der Waals surface area contributed by atoms with Crippen molar-refractivity contribution in [2.45, 2.75) is 6.92 Å². The normalized spacial score (nSPS) is 15.6. The van der Waals surface area contributed by atoms with Crippen molar-refractivity contribution in [2.75, 3.05) is 0 Å². The molecule has 1 aliphatic heterocycles. The lowest BCUT2D eigenvalue weighted by Crippen LogP contribution is -1.97. The molecule has 2 heterocycles. The Hall–Kier alpha value is -3.20. The molecule has 3 aromatic rings. The minimum atomic E-state index is -0.348. The van der Waals surface area contributed by atoms with Gasteiger partial charge < -0.3 is 4.74 Å². The first-order chi connectivity index (χ1) is 11.7. The van der Waals surface area contributed by atoms with Crippen LogP contribution in [-0.4, -0.2) is 11.0 Å². The van der Waals surface area contributed by atoms with Crippen LogP contribution in [0.4, 0.5) is 0 Å². The second-order valence-corrected chi connectivity index (χ2v) is 5.82. The number of aryl methyl sites for hydroxylation is 1. The zero-order valence-corrected chi connectivity index (χ0v) is 13.2. The minimum Gasteiger partial charge on any atom is -0.422 e. The van der Waals surface area contributed by atoms with Gasteiger partial charge in [0.1, 0.15) is 5.76 Å². The summed E-state index contributed by atoms with van der Waals surface area (Å²) in [6, 6.07) is 17.9. The van der Waals surface area contributed by atoms with Crippen molar-refractivity contribution in [3.63, 3.8) is 0 Å². The summed E-state index contributed by atoms with van der Waals surface area (Å²) in [5.41, 5.74) is 3.36. The molecule has 3 nitrogen and oxygen atoms in total. The standard InChI is InChI=1S/C21H15NO2/c1-14-5-6-16-11-17(8-7-15(16)10-14)20-13-18(21(23)24-20)12-19-4-2-3-9-22-19/h2-13H,1H3. The molecule has 4 rings (SSSR count). The number of cyclic esters (lactones) is 1. The van der Waals surface area contributed by atoms with Crippen molar-refractivity contribution in [3.8, 4) is 0 Å². The lowest BCUT2D eigenvalue weighted by molar-refractivity contribution is -0.130. The van der Waals surface area contributed by atoms with Crippen molar-refractivity contribution in [2.24, 2.45) is 0 Å². The quantitative estimate of drug-likeness (QED) is 0.515. The number of carbonyl (C=O) groups is 1. The smallest absolute Gasteiger partial charge is 0.343 e. The predicted molar refractivity (Wildman–Crippen MR) is 95.0 cm³/mol. The molecule has 0 radical (unpaired) electrons. The van der Waals surface area contributed by atoms with Gasteiger partial charge in [0, 0.05) is 11.8 Å². The maximum Gasteiger partial charge on any atom is 0.343 e. The third kappa shape index (κ3) is 2.72. The van der Waals surface area contributed by atoms with Gasteiger partial charge >= 0.3 is 5.97 Å². The Kier molecular flexibility index (Phi) is 3.47. The van der Waals surface area contributed by atoms with E-state index in [1.807, 2.05) is 36.4 Å². The number of carbonyl (C=O) groups excluding carboxylic acids is 1. The van der Waals surface area contributed by atoms with Gasteiger partial charge in [-0.3, -0.25) is 4.98 Å². The maximum atomic E-state index is 12.1. The predicted octanol–water partition coefficient (Wildman–Crippen LogP) is 4.52. The Labute approximate surface area is 139 Å². The highest BCUT2D eigenvalue weighted by Crippen LogP contribution is 2.29. The van der Waals surface area contributed by atoms with Crippen molar-refractivity contribution < 1.29 is 9.53 Å². The summed E-state index contributed by atoms with van der Waals surface area (Å²) in [5, 5.41) is 2.30. The number of hydrogen-bond donors (Lipinski definition) is 0. The fourth-order valence-corrected chi connectivity index (χ4v) is 2.77. The average molecular weight is 313 g/mol. The van der Waals surface area contributed by atoms with E-state index < -0.39 is 0 Å². The molecule has 1 aliphatic rings. The molecule has 0 amide bonds. The van der Waals surface area contributed by atoms with E-state index in [0.29, 0.717) is 11.3 Å². The Bertz CT molecular complexity index is 1000. The first kappa shape index (κ1) is 14.4. The number of fused-ring (bicyclic) bond motifs is 1. The van der Waals surface area contributed by atoms with Crippen LogP contribution in [0.25, 0.3) is 22.6 Å². The van der Waals surface area contributed by atoms with Crippen LogP contribution in [0.5, 0.6) is 0 Å². The van der Waals surface area contributed by atoms with Crippen LogP contribution in [0.3, 0.4) is 0 Å². The molecule has 24 heavy (non-hydrogen) atoms. The van der Waals surface area contributed by atoms with E-state index in [9.17, 15) is 4.79 Å². The van der Waals surface area contributed by atoms with Crippen LogP contribution in [0.15, 0.2) is 72.4 Å². The van der Waals surface area contributed by atoms with Crippen molar-refractivity contribution in [1.29, 1.82) is 0 Å². The summed E-state index contributed by atoms with van der Waals surface area (Å²) in [5.74, 6) is 0.226. The van der Waals surface area contributed by atoms with Crippen LogP contribution in [-0.2, 0) is 9.53 Å². The highest BCUT2D eigenvalue weighted by Gasteiger charge is 2.22. The van der Waals surface area contributed by atoms with Gasteiger partial charge in [0.2, 0.25) is 0 Å². The highest BCUT2D eigenvalue weighted by atomic mass is 16.5. The van der Waals surface area contributed by atoms with Gasteiger partial charge in [-0.25, -0.2) is 4.79 Å². The summed E-state index contributed by atoms with van der Waals surface area (Å²) in [6.45, 7) is 2.07. The van der Waals surface area contributed by atoms with Gasteiger partial charge in [0.15, 0.2) is 0 Å². The molecule has 0 aliphatic carbocycles. The molecule has 116 valence electrons. The first-order valence-corrected chi connectivity index (χ1v) is 7.76.